The Hall–Kier alpha value is -2.57. The Morgan fingerprint density at radius 3 is 2.74 bits per heavy atom. The van der Waals surface area contributed by atoms with Gasteiger partial charge in [-0.3, -0.25) is 4.79 Å². The first-order valence-electron chi connectivity index (χ1n) is 9.09. The molecule has 2 aromatic rings. The first-order chi connectivity index (χ1) is 13.1. The summed E-state index contributed by atoms with van der Waals surface area (Å²) in [6.45, 7) is 1.02. The number of amides is 1. The summed E-state index contributed by atoms with van der Waals surface area (Å²) in [4.78, 5) is 14.7. The first kappa shape index (κ1) is 19.2. The summed E-state index contributed by atoms with van der Waals surface area (Å²) < 4.78 is 11.6. The molecule has 0 aromatic heterocycles. The molecule has 1 amide bonds. The fourth-order valence-electron chi connectivity index (χ4n) is 3.02. The minimum atomic E-state index is -0.230. The molecule has 0 spiro atoms. The van der Waals surface area contributed by atoms with E-state index in [9.17, 15) is 4.79 Å². The maximum Gasteiger partial charge on any atom is 0.251 e. The molecule has 2 N–H and O–H groups in total. The van der Waals surface area contributed by atoms with Gasteiger partial charge in [0.05, 0.1) is 25.9 Å². The number of hydrogen-bond donors (Lipinski definition) is 2. The van der Waals surface area contributed by atoms with E-state index in [1.54, 1.807) is 6.07 Å². The predicted octanol–water partition coefficient (Wildman–Crippen LogP) is 2.21. The Bertz CT molecular complexity index is 761. The Labute approximate surface area is 159 Å². The Balaban J connectivity index is 1.67. The van der Waals surface area contributed by atoms with Gasteiger partial charge in [0.25, 0.3) is 5.91 Å². The van der Waals surface area contributed by atoms with Crippen LogP contribution in [0.25, 0.3) is 0 Å². The third-order valence-electron chi connectivity index (χ3n) is 4.63. The van der Waals surface area contributed by atoms with Crippen molar-refractivity contribution in [1.29, 1.82) is 0 Å². The zero-order chi connectivity index (χ0) is 19.2. The summed E-state index contributed by atoms with van der Waals surface area (Å²) in [7, 11) is 3.88. The average molecular weight is 370 g/mol. The van der Waals surface area contributed by atoms with Gasteiger partial charge >= 0.3 is 0 Å². The minimum absolute atomic E-state index is 0.00223. The van der Waals surface area contributed by atoms with Gasteiger partial charge in [0.15, 0.2) is 0 Å². The van der Waals surface area contributed by atoms with E-state index >= 15 is 0 Å². The van der Waals surface area contributed by atoms with Gasteiger partial charge in [-0.05, 0) is 35.9 Å². The standard InChI is InChI=1S/C21H26N2O4/c1-23(2)17-5-3-4-16(12-17)21(25)22-19-14-26-11-10-20(19)27-18-8-6-15(13-24)7-9-18/h3-9,12,19-20,24H,10-11,13-14H2,1-2H3,(H,22,25)/t19-,20-/m1/s1. The number of nitrogens with zero attached hydrogens (tertiary/aromatic N) is 1. The lowest BCUT2D eigenvalue weighted by atomic mass is 10.1. The summed E-state index contributed by atoms with van der Waals surface area (Å²) in [5.41, 5.74) is 2.41. The summed E-state index contributed by atoms with van der Waals surface area (Å²) >= 11 is 0. The largest absolute Gasteiger partial charge is 0.488 e. The number of carbonyl (C=O) groups is 1. The van der Waals surface area contributed by atoms with Crippen LogP contribution in [0.1, 0.15) is 22.3 Å². The zero-order valence-corrected chi connectivity index (χ0v) is 15.7. The van der Waals surface area contributed by atoms with Crippen LogP contribution in [-0.4, -0.2) is 50.5 Å². The van der Waals surface area contributed by atoms with Crippen LogP contribution in [-0.2, 0) is 11.3 Å². The lowest BCUT2D eigenvalue weighted by Gasteiger charge is -2.32. The van der Waals surface area contributed by atoms with Crippen molar-refractivity contribution in [3.63, 3.8) is 0 Å². The van der Waals surface area contributed by atoms with Crippen molar-refractivity contribution in [3.8, 4) is 5.75 Å². The van der Waals surface area contributed by atoms with Gasteiger partial charge in [-0.25, -0.2) is 0 Å². The summed E-state index contributed by atoms with van der Waals surface area (Å²) in [6.07, 6.45) is 0.532. The SMILES string of the molecule is CN(C)c1cccc(C(=O)N[C@@H]2COCC[C@H]2Oc2ccc(CO)cc2)c1. The van der Waals surface area contributed by atoms with Crippen molar-refractivity contribution in [2.75, 3.05) is 32.2 Å². The van der Waals surface area contributed by atoms with E-state index in [1.807, 2.05) is 61.5 Å². The van der Waals surface area contributed by atoms with Gasteiger partial charge in [0.1, 0.15) is 11.9 Å². The smallest absolute Gasteiger partial charge is 0.251 e. The second-order valence-electron chi connectivity index (χ2n) is 6.85. The maximum atomic E-state index is 12.7. The molecule has 0 unspecified atom stereocenters. The number of aliphatic hydroxyl groups excluding tert-OH is 1. The van der Waals surface area contributed by atoms with Crippen LogP contribution < -0.4 is 15.0 Å². The molecular weight excluding hydrogens is 344 g/mol. The number of hydrogen-bond acceptors (Lipinski definition) is 5. The van der Waals surface area contributed by atoms with Gasteiger partial charge < -0.3 is 24.8 Å². The van der Waals surface area contributed by atoms with Crippen molar-refractivity contribution >= 4 is 11.6 Å². The number of benzene rings is 2. The second-order valence-corrected chi connectivity index (χ2v) is 6.85. The van der Waals surface area contributed by atoms with Crippen LogP contribution >= 0.6 is 0 Å². The molecule has 1 heterocycles. The van der Waals surface area contributed by atoms with Crippen LogP contribution in [0, 0.1) is 0 Å². The molecule has 1 saturated heterocycles. The molecule has 1 fully saturated rings. The highest BCUT2D eigenvalue weighted by Gasteiger charge is 2.29. The fraction of sp³-hybridized carbons (Fsp3) is 0.381. The highest BCUT2D eigenvalue weighted by molar-refractivity contribution is 5.95. The quantitative estimate of drug-likeness (QED) is 0.816. The molecule has 0 bridgehead atoms. The maximum absolute atomic E-state index is 12.7. The van der Waals surface area contributed by atoms with Crippen LogP contribution in [0.4, 0.5) is 5.69 Å². The molecule has 0 aliphatic carbocycles. The summed E-state index contributed by atoms with van der Waals surface area (Å²) in [5.74, 6) is 0.575. The molecule has 0 radical (unpaired) electrons. The molecule has 2 aromatic carbocycles. The molecule has 144 valence electrons. The highest BCUT2D eigenvalue weighted by atomic mass is 16.5. The molecule has 3 rings (SSSR count). The predicted molar refractivity (Wildman–Crippen MR) is 104 cm³/mol. The molecular formula is C21H26N2O4. The van der Waals surface area contributed by atoms with E-state index in [-0.39, 0.29) is 24.7 Å². The lowest BCUT2D eigenvalue weighted by Crippen LogP contribution is -2.51. The van der Waals surface area contributed by atoms with Crippen molar-refractivity contribution in [2.24, 2.45) is 0 Å². The van der Waals surface area contributed by atoms with Crippen LogP contribution in [0.2, 0.25) is 0 Å². The number of carbonyl (C=O) groups excluding carboxylic acids is 1. The Morgan fingerprint density at radius 1 is 1.26 bits per heavy atom. The topological polar surface area (TPSA) is 71.0 Å². The van der Waals surface area contributed by atoms with Crippen LogP contribution in [0.3, 0.4) is 0 Å². The normalized spacial score (nSPS) is 19.4. The number of aliphatic hydroxyl groups is 1. The molecule has 0 saturated carbocycles. The molecule has 1 aliphatic rings. The number of ether oxygens (including phenoxy) is 2. The van der Waals surface area contributed by atoms with Gasteiger partial charge in [-0.15, -0.1) is 0 Å². The van der Waals surface area contributed by atoms with E-state index in [0.29, 0.717) is 30.9 Å². The fourth-order valence-corrected chi connectivity index (χ4v) is 3.02. The van der Waals surface area contributed by atoms with Crippen molar-refractivity contribution in [2.45, 2.75) is 25.2 Å². The minimum Gasteiger partial charge on any atom is -0.488 e. The second kappa shape index (κ2) is 8.88. The van der Waals surface area contributed by atoms with E-state index in [1.165, 1.54) is 0 Å². The monoisotopic (exact) mass is 370 g/mol. The Kier molecular flexibility index (Phi) is 6.32. The van der Waals surface area contributed by atoms with Gasteiger partial charge in [-0.1, -0.05) is 18.2 Å². The van der Waals surface area contributed by atoms with E-state index < -0.39 is 0 Å². The third-order valence-corrected chi connectivity index (χ3v) is 4.63. The van der Waals surface area contributed by atoms with Crippen molar-refractivity contribution in [1.82, 2.24) is 5.32 Å². The van der Waals surface area contributed by atoms with Gasteiger partial charge in [0.2, 0.25) is 0 Å². The van der Waals surface area contributed by atoms with E-state index in [2.05, 4.69) is 5.32 Å². The molecule has 6 heteroatoms. The zero-order valence-electron chi connectivity index (χ0n) is 15.7. The number of anilines is 1. The van der Waals surface area contributed by atoms with E-state index in [4.69, 9.17) is 14.6 Å². The van der Waals surface area contributed by atoms with Crippen molar-refractivity contribution < 1.29 is 19.4 Å². The molecule has 2 atom stereocenters. The average Bonchev–Trinajstić information content (AvgIpc) is 2.70. The lowest BCUT2D eigenvalue weighted by molar-refractivity contribution is -0.00289. The molecule has 1 aliphatic heterocycles. The van der Waals surface area contributed by atoms with Crippen LogP contribution in [0.5, 0.6) is 5.75 Å². The number of nitrogens with one attached hydrogen (secondary N) is 1. The summed E-state index contributed by atoms with van der Waals surface area (Å²) in [5, 5.41) is 12.2. The molecule has 27 heavy (non-hydrogen) atoms. The third kappa shape index (κ3) is 4.99. The van der Waals surface area contributed by atoms with Crippen molar-refractivity contribution in [3.05, 3.63) is 59.7 Å². The molecule has 6 nitrogen and oxygen atoms in total. The van der Waals surface area contributed by atoms with E-state index in [0.717, 1.165) is 11.3 Å². The van der Waals surface area contributed by atoms with Gasteiger partial charge in [-0.2, -0.15) is 0 Å². The number of rotatable bonds is 6. The first-order valence-corrected chi connectivity index (χ1v) is 9.09. The summed E-state index contributed by atoms with van der Waals surface area (Å²) in [6, 6.07) is 14.6. The highest BCUT2D eigenvalue weighted by Crippen LogP contribution is 2.20. The van der Waals surface area contributed by atoms with Crippen LogP contribution in [0.15, 0.2) is 48.5 Å². The van der Waals surface area contributed by atoms with Gasteiger partial charge in [0, 0.05) is 31.8 Å². The Morgan fingerprint density at radius 2 is 2.04 bits per heavy atom.